The second-order valence-corrected chi connectivity index (χ2v) is 16.4. The van der Waals surface area contributed by atoms with Gasteiger partial charge in [-0.15, -0.1) is 0 Å². The van der Waals surface area contributed by atoms with Gasteiger partial charge in [0, 0.05) is 4.91 Å². The lowest BCUT2D eigenvalue weighted by molar-refractivity contribution is -0.324. The molecule has 0 radical (unpaired) electrons. The second kappa shape index (κ2) is 21.6. The van der Waals surface area contributed by atoms with Crippen LogP contribution < -0.4 is 0 Å². The number of rotatable bonds is 19. The van der Waals surface area contributed by atoms with Crippen LogP contribution in [0.1, 0.15) is 41.7 Å². The van der Waals surface area contributed by atoms with Gasteiger partial charge >= 0.3 is 0 Å². The maximum Gasteiger partial charge on any atom is 0.169 e. The third-order valence-electron chi connectivity index (χ3n) is 11.4. The molecule has 1 saturated carbocycles. The highest BCUT2D eigenvalue weighted by molar-refractivity contribution is 5.18. The Morgan fingerprint density at radius 3 is 1.37 bits per heavy atom. The summed E-state index contributed by atoms with van der Waals surface area (Å²) in [4.78, 5) is 3.21. The van der Waals surface area contributed by atoms with Crippen LogP contribution >= 0.6 is 0 Å². The SMILES string of the molecule is CC1(C)O[C@@H]2[C@H](OCc3ccccc3)[C@@H](OCc3ccccc3)[C@H](OCc3ccccc3)[C@@H](O[C@H]3O[C@H](COCc4ccccc4)[C@@H](O)[C@H](OCc4ccccc4)[C@H]3N=[N+]=[N-])[C@@H]2O1. The highest BCUT2D eigenvalue weighted by Gasteiger charge is 2.62. The molecular formula is C50H55N3O10. The summed E-state index contributed by atoms with van der Waals surface area (Å²) in [7, 11) is 0. The molecule has 0 unspecified atom stereocenters. The molecule has 13 heteroatoms. The van der Waals surface area contributed by atoms with Gasteiger partial charge in [0.1, 0.15) is 54.9 Å². The lowest BCUT2D eigenvalue weighted by Gasteiger charge is -2.49. The highest BCUT2D eigenvalue weighted by atomic mass is 16.8. The van der Waals surface area contributed by atoms with Gasteiger partial charge in [0.05, 0.1) is 45.7 Å². The van der Waals surface area contributed by atoms with Crippen LogP contribution in [0.5, 0.6) is 0 Å². The topological polar surface area (TPSA) is 152 Å². The second-order valence-electron chi connectivity index (χ2n) is 16.4. The molecular weight excluding hydrogens is 803 g/mol. The zero-order valence-corrected chi connectivity index (χ0v) is 35.5. The number of benzene rings is 5. The van der Waals surface area contributed by atoms with Crippen molar-refractivity contribution >= 4 is 0 Å². The van der Waals surface area contributed by atoms with Crippen LogP contribution in [0.4, 0.5) is 0 Å². The van der Waals surface area contributed by atoms with Crippen LogP contribution in [0.3, 0.4) is 0 Å². The van der Waals surface area contributed by atoms with E-state index in [9.17, 15) is 10.6 Å². The van der Waals surface area contributed by atoms with Crippen molar-refractivity contribution in [2.24, 2.45) is 5.11 Å². The molecule has 2 heterocycles. The summed E-state index contributed by atoms with van der Waals surface area (Å²) in [6.45, 7) is 4.80. The van der Waals surface area contributed by atoms with Gasteiger partial charge in [-0.2, -0.15) is 0 Å². The first-order valence-corrected chi connectivity index (χ1v) is 21.5. The van der Waals surface area contributed by atoms with E-state index in [1.165, 1.54) is 0 Å². The molecule has 0 aromatic heterocycles. The Bertz CT molecular complexity index is 2170. The summed E-state index contributed by atoms with van der Waals surface area (Å²) in [5, 5.41) is 16.1. The summed E-state index contributed by atoms with van der Waals surface area (Å²) in [5.74, 6) is -1.06. The van der Waals surface area contributed by atoms with E-state index in [1.807, 2.05) is 166 Å². The number of fused-ring (bicyclic) bond motifs is 1. The molecule has 3 aliphatic rings. The predicted molar refractivity (Wildman–Crippen MR) is 232 cm³/mol. The molecule has 3 fully saturated rings. The minimum Gasteiger partial charge on any atom is -0.388 e. The Kier molecular flexibility index (Phi) is 15.3. The summed E-state index contributed by atoms with van der Waals surface area (Å²) in [6, 6.07) is 47.8. The molecule has 5 aromatic carbocycles. The number of nitrogens with zero attached hydrogens (tertiary/aromatic N) is 3. The van der Waals surface area contributed by atoms with Gasteiger partial charge in [0.2, 0.25) is 0 Å². The molecule has 1 aliphatic carbocycles. The molecule has 2 saturated heterocycles. The fourth-order valence-corrected chi connectivity index (χ4v) is 8.41. The van der Waals surface area contributed by atoms with E-state index >= 15 is 0 Å². The summed E-state index contributed by atoms with van der Waals surface area (Å²) < 4.78 is 60.5. The summed E-state index contributed by atoms with van der Waals surface area (Å²) in [6.07, 6.45) is -9.28. The number of hydrogen-bond donors (Lipinski definition) is 1. The van der Waals surface area contributed by atoms with Gasteiger partial charge in [-0.3, -0.25) is 0 Å². The minimum absolute atomic E-state index is 0.0143. The molecule has 0 bridgehead atoms. The van der Waals surface area contributed by atoms with Gasteiger partial charge in [0.15, 0.2) is 12.1 Å². The minimum atomic E-state index is -1.27. The van der Waals surface area contributed by atoms with Gasteiger partial charge in [-0.05, 0) is 47.2 Å². The van der Waals surface area contributed by atoms with Gasteiger partial charge < -0.3 is 47.7 Å². The van der Waals surface area contributed by atoms with Crippen LogP contribution in [-0.4, -0.2) is 84.8 Å². The van der Waals surface area contributed by atoms with Gasteiger partial charge in [0.25, 0.3) is 0 Å². The van der Waals surface area contributed by atoms with E-state index < -0.39 is 73.1 Å². The van der Waals surface area contributed by atoms with Crippen molar-refractivity contribution in [1.82, 2.24) is 0 Å². The van der Waals surface area contributed by atoms with Crippen molar-refractivity contribution in [3.63, 3.8) is 0 Å². The van der Waals surface area contributed by atoms with Gasteiger partial charge in [-0.25, -0.2) is 0 Å². The Morgan fingerprint density at radius 1 is 0.540 bits per heavy atom. The number of aliphatic hydroxyl groups excluding tert-OH is 1. The van der Waals surface area contributed by atoms with Crippen molar-refractivity contribution in [3.05, 3.63) is 190 Å². The van der Waals surface area contributed by atoms with E-state index in [-0.39, 0.29) is 39.6 Å². The Morgan fingerprint density at radius 2 is 0.921 bits per heavy atom. The van der Waals surface area contributed by atoms with Gasteiger partial charge in [-0.1, -0.05) is 157 Å². The van der Waals surface area contributed by atoms with Crippen LogP contribution in [0.25, 0.3) is 10.4 Å². The molecule has 13 nitrogen and oxygen atoms in total. The zero-order chi connectivity index (χ0) is 43.4. The molecule has 11 atom stereocenters. The largest absolute Gasteiger partial charge is 0.388 e. The molecule has 330 valence electrons. The maximum atomic E-state index is 11.9. The van der Waals surface area contributed by atoms with Crippen LogP contribution in [0.15, 0.2) is 157 Å². The highest BCUT2D eigenvalue weighted by Crippen LogP contribution is 2.44. The lowest BCUT2D eigenvalue weighted by Crippen LogP contribution is -2.67. The molecule has 8 rings (SSSR count). The molecule has 0 spiro atoms. The van der Waals surface area contributed by atoms with E-state index in [4.69, 9.17) is 42.6 Å². The van der Waals surface area contributed by atoms with E-state index in [1.54, 1.807) is 0 Å². The maximum absolute atomic E-state index is 11.9. The quantitative estimate of drug-likeness (QED) is 0.0489. The normalized spacial score (nSPS) is 28.8. The van der Waals surface area contributed by atoms with Crippen LogP contribution in [0.2, 0.25) is 0 Å². The molecule has 0 amide bonds. The number of hydrogen-bond acceptors (Lipinski definition) is 11. The Hall–Kier alpha value is -4.99. The number of ether oxygens (including phenoxy) is 9. The van der Waals surface area contributed by atoms with Crippen LogP contribution in [-0.2, 0) is 75.7 Å². The average Bonchev–Trinajstić information content (AvgIpc) is 3.65. The molecule has 2 aliphatic heterocycles. The molecule has 63 heavy (non-hydrogen) atoms. The van der Waals surface area contributed by atoms with Crippen LogP contribution in [0, 0.1) is 0 Å². The Labute approximate surface area is 368 Å². The lowest BCUT2D eigenvalue weighted by atomic mass is 9.83. The number of aliphatic hydroxyl groups is 1. The molecule has 5 aromatic rings. The fraction of sp³-hybridized carbons (Fsp3) is 0.400. The smallest absolute Gasteiger partial charge is 0.169 e. The van der Waals surface area contributed by atoms with E-state index in [2.05, 4.69) is 10.0 Å². The van der Waals surface area contributed by atoms with Crippen molar-refractivity contribution in [3.8, 4) is 0 Å². The van der Waals surface area contributed by atoms with E-state index in [0.29, 0.717) is 0 Å². The first-order chi connectivity index (χ1) is 30.8. The zero-order valence-electron chi connectivity index (χ0n) is 35.5. The van der Waals surface area contributed by atoms with Crippen molar-refractivity contribution < 1.29 is 47.7 Å². The summed E-state index contributed by atoms with van der Waals surface area (Å²) in [5.41, 5.74) is 14.7. The van der Waals surface area contributed by atoms with E-state index in [0.717, 1.165) is 27.8 Å². The average molecular weight is 858 g/mol. The van der Waals surface area contributed by atoms with Crippen molar-refractivity contribution in [2.45, 2.75) is 120 Å². The van der Waals surface area contributed by atoms with Crippen molar-refractivity contribution in [2.75, 3.05) is 6.61 Å². The standard InChI is InChI=1S/C50H55N3O10/c1-50(2)62-47-45(59-32-38-26-16-7-17-27-38)43(57-30-36-22-12-5-13-23-36)44(58-31-37-24-14-6-15-25-37)46(48(47)63-50)61-49-40(52-53-51)42(56-29-35-20-10-4-11-21-35)41(54)39(60-49)33-55-28-34-18-8-3-9-19-34/h3-27,39-49,54H,28-33H2,1-2H3/t39-,40-,41-,42-,43+,44+,45-,46-,47-,48+,49-/m1/s1. The molecule has 1 N–H and O–H groups in total. The van der Waals surface area contributed by atoms with Crippen molar-refractivity contribution in [1.29, 1.82) is 0 Å². The third-order valence-corrected chi connectivity index (χ3v) is 11.4. The number of azide groups is 1. The fourth-order valence-electron chi connectivity index (χ4n) is 8.41. The summed E-state index contributed by atoms with van der Waals surface area (Å²) >= 11 is 0. The Balaban J connectivity index is 1.15. The first kappa shape index (κ1) is 44.6. The first-order valence-electron chi connectivity index (χ1n) is 21.5. The third kappa shape index (κ3) is 11.6. The predicted octanol–water partition coefficient (Wildman–Crippen LogP) is 8.23. The monoisotopic (exact) mass is 857 g/mol.